The van der Waals surface area contributed by atoms with E-state index in [2.05, 4.69) is 4.72 Å². The molecule has 0 spiro atoms. The van der Waals surface area contributed by atoms with E-state index in [0.717, 1.165) is 0 Å². The Morgan fingerprint density at radius 2 is 1.86 bits per heavy atom. The van der Waals surface area contributed by atoms with Gasteiger partial charge < -0.3 is 0 Å². The van der Waals surface area contributed by atoms with Crippen LogP contribution in [0.5, 0.6) is 0 Å². The molecule has 6 nitrogen and oxygen atoms in total. The number of nitrogens with one attached hydrogen (secondary N) is 1. The van der Waals surface area contributed by atoms with Crippen molar-refractivity contribution in [3.8, 4) is 0 Å². The Labute approximate surface area is 126 Å². The summed E-state index contributed by atoms with van der Waals surface area (Å²) in [7, 11) is -6.88. The molecule has 1 aliphatic heterocycles. The monoisotopic (exact) mass is 332 g/mol. The first-order valence-corrected chi connectivity index (χ1v) is 9.99. The predicted octanol–water partition coefficient (Wildman–Crippen LogP) is 0.779. The summed E-state index contributed by atoms with van der Waals surface area (Å²) < 4.78 is 52.2. The molecule has 1 heterocycles. The fourth-order valence-corrected chi connectivity index (χ4v) is 4.82. The van der Waals surface area contributed by atoms with Crippen molar-refractivity contribution in [2.75, 3.05) is 18.8 Å². The van der Waals surface area contributed by atoms with Crippen molar-refractivity contribution in [2.24, 2.45) is 0 Å². The van der Waals surface area contributed by atoms with Crippen molar-refractivity contribution < 1.29 is 16.8 Å². The van der Waals surface area contributed by atoms with Crippen molar-refractivity contribution in [1.82, 2.24) is 9.03 Å². The third-order valence-electron chi connectivity index (χ3n) is 3.52. The number of hydrogen-bond donors (Lipinski definition) is 1. The van der Waals surface area contributed by atoms with Gasteiger partial charge in [-0.25, -0.2) is 25.9 Å². The van der Waals surface area contributed by atoms with Crippen molar-refractivity contribution in [3.05, 3.63) is 30.3 Å². The smallest absolute Gasteiger partial charge is 0.212 e. The lowest BCUT2D eigenvalue weighted by Crippen LogP contribution is -2.49. The van der Waals surface area contributed by atoms with Gasteiger partial charge in [-0.2, -0.15) is 0 Å². The van der Waals surface area contributed by atoms with Gasteiger partial charge in [0.05, 0.1) is 10.6 Å². The van der Waals surface area contributed by atoms with Crippen molar-refractivity contribution in [1.29, 1.82) is 0 Å². The highest BCUT2D eigenvalue weighted by atomic mass is 32.2. The molecule has 118 valence electrons. The van der Waals surface area contributed by atoms with Gasteiger partial charge >= 0.3 is 0 Å². The van der Waals surface area contributed by atoms with Crippen LogP contribution in [0.2, 0.25) is 0 Å². The van der Waals surface area contributed by atoms with Crippen LogP contribution < -0.4 is 4.72 Å². The van der Waals surface area contributed by atoms with Crippen LogP contribution in [0.1, 0.15) is 19.8 Å². The molecule has 1 fully saturated rings. The molecule has 0 radical (unpaired) electrons. The zero-order valence-electron chi connectivity index (χ0n) is 11.9. The van der Waals surface area contributed by atoms with E-state index in [1.165, 1.54) is 16.4 Å². The summed E-state index contributed by atoms with van der Waals surface area (Å²) >= 11 is 0. The number of rotatable bonds is 5. The molecular formula is C13H20N2O4S2. The van der Waals surface area contributed by atoms with Crippen LogP contribution in [0.3, 0.4) is 0 Å². The Kier molecular flexibility index (Phi) is 5.03. The topological polar surface area (TPSA) is 83.6 Å². The molecule has 0 bridgehead atoms. The maximum absolute atomic E-state index is 12.2. The van der Waals surface area contributed by atoms with Crippen LogP contribution in [0.15, 0.2) is 35.2 Å². The highest BCUT2D eigenvalue weighted by Crippen LogP contribution is 2.17. The molecule has 1 aromatic rings. The molecule has 1 N–H and O–H groups in total. The van der Waals surface area contributed by atoms with E-state index in [0.29, 0.717) is 19.4 Å². The lowest BCUT2D eigenvalue weighted by Gasteiger charge is -2.31. The van der Waals surface area contributed by atoms with Gasteiger partial charge in [-0.1, -0.05) is 18.2 Å². The molecule has 0 amide bonds. The van der Waals surface area contributed by atoms with E-state index in [-0.39, 0.29) is 23.2 Å². The summed E-state index contributed by atoms with van der Waals surface area (Å²) in [5.74, 6) is 0.0329. The standard InChI is InChI=1S/C13H20N2O4S2/c1-2-20(16,17)15-10-6-7-12(11-15)14-21(18,19)13-8-4-3-5-9-13/h3-5,8-9,12,14H,2,6-7,10-11H2,1H3. The molecule has 1 aliphatic rings. The lowest BCUT2D eigenvalue weighted by molar-refractivity contribution is 0.303. The van der Waals surface area contributed by atoms with Gasteiger partial charge in [-0.3, -0.25) is 0 Å². The molecule has 8 heteroatoms. The Morgan fingerprint density at radius 3 is 2.48 bits per heavy atom. The second kappa shape index (κ2) is 6.43. The first-order valence-electron chi connectivity index (χ1n) is 6.90. The molecule has 21 heavy (non-hydrogen) atoms. The zero-order valence-corrected chi connectivity index (χ0v) is 13.5. The molecule has 0 aromatic heterocycles. The van der Waals surface area contributed by atoms with E-state index in [1.807, 2.05) is 0 Å². The second-order valence-electron chi connectivity index (χ2n) is 5.03. The summed E-state index contributed by atoms with van der Waals surface area (Å²) in [4.78, 5) is 0.195. The molecule has 2 rings (SSSR count). The normalized spacial score (nSPS) is 21.3. The highest BCUT2D eigenvalue weighted by molar-refractivity contribution is 7.89. The zero-order chi connectivity index (χ0) is 15.5. The number of hydrogen-bond acceptors (Lipinski definition) is 4. The number of sulfonamides is 2. The average molecular weight is 332 g/mol. The fourth-order valence-electron chi connectivity index (χ4n) is 2.36. The van der Waals surface area contributed by atoms with Crippen LogP contribution in [0, 0.1) is 0 Å². The maximum atomic E-state index is 12.2. The molecule has 1 saturated heterocycles. The Balaban J connectivity index is 2.10. The van der Waals surface area contributed by atoms with Crippen molar-refractivity contribution in [2.45, 2.75) is 30.7 Å². The molecule has 1 atom stereocenters. The number of nitrogens with zero attached hydrogens (tertiary/aromatic N) is 1. The van der Waals surface area contributed by atoms with Gasteiger partial charge in [0, 0.05) is 19.1 Å². The number of benzene rings is 1. The third kappa shape index (κ3) is 4.03. The summed E-state index contributed by atoms with van der Waals surface area (Å²) in [6.45, 7) is 2.25. The third-order valence-corrected chi connectivity index (χ3v) is 6.90. The maximum Gasteiger partial charge on any atom is 0.240 e. The SMILES string of the molecule is CCS(=O)(=O)N1CCCC(NS(=O)(=O)c2ccccc2)C1. The first-order chi connectivity index (χ1) is 9.85. The van der Waals surface area contributed by atoms with Gasteiger partial charge in [-0.15, -0.1) is 0 Å². The minimum atomic E-state index is -3.61. The summed E-state index contributed by atoms with van der Waals surface area (Å²) in [6.07, 6.45) is 1.29. The second-order valence-corrected chi connectivity index (χ2v) is 9.00. The highest BCUT2D eigenvalue weighted by Gasteiger charge is 2.30. The van der Waals surface area contributed by atoms with E-state index in [1.54, 1.807) is 25.1 Å². The minimum Gasteiger partial charge on any atom is -0.212 e. The average Bonchev–Trinajstić information content (AvgIpc) is 2.48. The minimum absolute atomic E-state index is 0.0329. The Bertz CT molecular complexity index is 671. The van der Waals surface area contributed by atoms with Crippen LogP contribution in [-0.2, 0) is 20.0 Å². The molecule has 1 aromatic carbocycles. The van der Waals surface area contributed by atoms with E-state index >= 15 is 0 Å². The van der Waals surface area contributed by atoms with Crippen LogP contribution in [0.4, 0.5) is 0 Å². The Morgan fingerprint density at radius 1 is 1.19 bits per heavy atom. The molecule has 0 saturated carbocycles. The lowest BCUT2D eigenvalue weighted by atomic mass is 10.1. The van der Waals surface area contributed by atoms with E-state index < -0.39 is 20.0 Å². The summed E-state index contributed by atoms with van der Waals surface area (Å²) in [6, 6.07) is 7.71. The van der Waals surface area contributed by atoms with Crippen LogP contribution in [0.25, 0.3) is 0 Å². The van der Waals surface area contributed by atoms with Gasteiger partial charge in [-0.05, 0) is 31.9 Å². The molecule has 1 unspecified atom stereocenters. The van der Waals surface area contributed by atoms with Crippen molar-refractivity contribution >= 4 is 20.0 Å². The van der Waals surface area contributed by atoms with E-state index in [4.69, 9.17) is 0 Å². The van der Waals surface area contributed by atoms with Crippen LogP contribution >= 0.6 is 0 Å². The Hall–Kier alpha value is -0.960. The predicted molar refractivity (Wildman–Crippen MR) is 80.8 cm³/mol. The van der Waals surface area contributed by atoms with Gasteiger partial charge in [0.1, 0.15) is 0 Å². The summed E-state index contributed by atoms with van der Waals surface area (Å²) in [5, 5.41) is 0. The number of piperidine rings is 1. The first kappa shape index (κ1) is 16.4. The molecule has 0 aliphatic carbocycles. The summed E-state index contributed by atoms with van der Waals surface area (Å²) in [5.41, 5.74) is 0. The van der Waals surface area contributed by atoms with Gasteiger partial charge in [0.2, 0.25) is 20.0 Å². The van der Waals surface area contributed by atoms with Gasteiger partial charge in [0.25, 0.3) is 0 Å². The van der Waals surface area contributed by atoms with Gasteiger partial charge in [0.15, 0.2) is 0 Å². The quantitative estimate of drug-likeness (QED) is 0.863. The van der Waals surface area contributed by atoms with E-state index in [9.17, 15) is 16.8 Å². The largest absolute Gasteiger partial charge is 0.240 e. The fraction of sp³-hybridized carbons (Fsp3) is 0.538. The molecular weight excluding hydrogens is 312 g/mol. The van der Waals surface area contributed by atoms with Crippen LogP contribution in [-0.4, -0.2) is 46.0 Å². The van der Waals surface area contributed by atoms with Crippen molar-refractivity contribution in [3.63, 3.8) is 0 Å².